The molecular formula is C23H28ClN3O4S. The Morgan fingerprint density at radius 2 is 1.78 bits per heavy atom. The molecule has 0 saturated heterocycles. The fraction of sp³-hybridized carbons (Fsp3) is 0.391. The van der Waals surface area contributed by atoms with Crippen molar-refractivity contribution < 1.29 is 18.0 Å². The van der Waals surface area contributed by atoms with Crippen molar-refractivity contribution in [2.24, 2.45) is 0 Å². The van der Waals surface area contributed by atoms with E-state index in [4.69, 9.17) is 11.6 Å². The first-order valence-electron chi connectivity index (χ1n) is 10.6. The summed E-state index contributed by atoms with van der Waals surface area (Å²) in [7, 11) is -3.83. The molecular weight excluding hydrogens is 450 g/mol. The van der Waals surface area contributed by atoms with Gasteiger partial charge in [0.25, 0.3) is 5.91 Å². The molecule has 0 radical (unpaired) electrons. The van der Waals surface area contributed by atoms with Crippen molar-refractivity contribution in [1.82, 2.24) is 14.9 Å². The predicted molar refractivity (Wildman–Crippen MR) is 124 cm³/mol. The monoisotopic (exact) mass is 477 g/mol. The molecule has 2 unspecified atom stereocenters. The lowest BCUT2D eigenvalue weighted by molar-refractivity contribution is -0.123. The Morgan fingerprint density at radius 1 is 1.09 bits per heavy atom. The number of carbonyl (C=O) groups is 2. The summed E-state index contributed by atoms with van der Waals surface area (Å²) < 4.78 is 27.9. The second-order valence-corrected chi connectivity index (χ2v) is 10.4. The number of halogens is 1. The number of sulfonamides is 1. The van der Waals surface area contributed by atoms with Crippen LogP contribution in [0, 0.1) is 0 Å². The Hall–Kier alpha value is -2.42. The number of nitrogens with zero attached hydrogens (tertiary/aromatic N) is 1. The van der Waals surface area contributed by atoms with E-state index in [-0.39, 0.29) is 34.0 Å². The van der Waals surface area contributed by atoms with Crippen LogP contribution >= 0.6 is 11.6 Å². The number of nitrogens with one attached hydrogen (secondary N) is 2. The summed E-state index contributed by atoms with van der Waals surface area (Å²) >= 11 is 6.19. The molecule has 0 spiro atoms. The van der Waals surface area contributed by atoms with Crippen molar-refractivity contribution in [2.45, 2.75) is 57.1 Å². The maximum absolute atomic E-state index is 13.3. The number of fused-ring (bicyclic) bond motifs is 1. The highest BCUT2D eigenvalue weighted by Gasteiger charge is 2.29. The number of benzene rings is 2. The highest BCUT2D eigenvalue weighted by molar-refractivity contribution is 7.89. The van der Waals surface area contributed by atoms with Gasteiger partial charge in [-0.05, 0) is 56.0 Å². The molecule has 2 aromatic carbocycles. The van der Waals surface area contributed by atoms with Gasteiger partial charge in [-0.3, -0.25) is 9.59 Å². The predicted octanol–water partition coefficient (Wildman–Crippen LogP) is 3.12. The van der Waals surface area contributed by atoms with Gasteiger partial charge in [0.1, 0.15) is 6.04 Å². The van der Waals surface area contributed by atoms with E-state index in [1.165, 1.54) is 22.5 Å². The van der Waals surface area contributed by atoms with E-state index in [1.54, 1.807) is 6.92 Å². The lowest BCUT2D eigenvalue weighted by Gasteiger charge is -2.28. The van der Waals surface area contributed by atoms with Crippen molar-refractivity contribution in [3.63, 3.8) is 0 Å². The van der Waals surface area contributed by atoms with Crippen LogP contribution in [0.1, 0.15) is 48.7 Å². The van der Waals surface area contributed by atoms with Gasteiger partial charge in [-0.2, -0.15) is 4.31 Å². The van der Waals surface area contributed by atoms with E-state index < -0.39 is 22.0 Å². The normalized spacial score (nSPS) is 16.0. The van der Waals surface area contributed by atoms with Crippen LogP contribution in [0.25, 0.3) is 0 Å². The lowest BCUT2D eigenvalue weighted by Crippen LogP contribution is -2.47. The van der Waals surface area contributed by atoms with Gasteiger partial charge in [0.15, 0.2) is 0 Å². The molecule has 1 aliphatic rings. The molecule has 3 rings (SSSR count). The maximum atomic E-state index is 13.3. The second kappa shape index (κ2) is 10.0. The first kappa shape index (κ1) is 24.2. The first-order chi connectivity index (χ1) is 15.1. The van der Waals surface area contributed by atoms with Crippen molar-refractivity contribution in [3.05, 3.63) is 64.2 Å². The van der Waals surface area contributed by atoms with Crippen LogP contribution in [0.2, 0.25) is 5.02 Å². The third-order valence-corrected chi connectivity index (χ3v) is 7.83. The molecule has 0 aliphatic carbocycles. The van der Waals surface area contributed by atoms with Gasteiger partial charge in [0.05, 0.1) is 15.5 Å². The SMILES string of the molecule is CCC(C)NC(=O)C(C)NC(=O)c1cc(S(=O)(=O)N2CCc3ccccc3C2)ccc1Cl. The summed E-state index contributed by atoms with van der Waals surface area (Å²) in [5, 5.41) is 5.50. The molecule has 7 nitrogen and oxygen atoms in total. The Balaban J connectivity index is 1.79. The van der Waals surface area contributed by atoms with Crippen LogP contribution in [0.15, 0.2) is 47.4 Å². The first-order valence-corrected chi connectivity index (χ1v) is 12.4. The molecule has 2 aromatic rings. The molecule has 2 amide bonds. The highest BCUT2D eigenvalue weighted by Crippen LogP contribution is 2.27. The molecule has 0 saturated carbocycles. The number of amides is 2. The zero-order valence-electron chi connectivity index (χ0n) is 18.4. The van der Waals surface area contributed by atoms with Crippen LogP contribution in [-0.4, -0.2) is 43.2 Å². The molecule has 0 aromatic heterocycles. The smallest absolute Gasteiger partial charge is 0.253 e. The van der Waals surface area contributed by atoms with E-state index in [0.717, 1.165) is 17.5 Å². The van der Waals surface area contributed by atoms with Crippen LogP contribution < -0.4 is 10.6 Å². The zero-order valence-corrected chi connectivity index (χ0v) is 20.0. The molecule has 9 heteroatoms. The molecule has 1 heterocycles. The number of hydrogen-bond acceptors (Lipinski definition) is 4. The van der Waals surface area contributed by atoms with Gasteiger partial charge >= 0.3 is 0 Å². The summed E-state index contributed by atoms with van der Waals surface area (Å²) in [6.45, 7) is 6.01. The number of carbonyl (C=O) groups excluding carboxylic acids is 2. The Labute approximate surface area is 194 Å². The van der Waals surface area contributed by atoms with E-state index >= 15 is 0 Å². The Morgan fingerprint density at radius 3 is 2.47 bits per heavy atom. The van der Waals surface area contributed by atoms with Gasteiger partial charge in [-0.25, -0.2) is 8.42 Å². The lowest BCUT2D eigenvalue weighted by atomic mass is 10.0. The minimum Gasteiger partial charge on any atom is -0.352 e. The highest BCUT2D eigenvalue weighted by atomic mass is 35.5. The largest absolute Gasteiger partial charge is 0.352 e. The third kappa shape index (κ3) is 5.31. The Kier molecular flexibility index (Phi) is 7.59. The van der Waals surface area contributed by atoms with Crippen LogP contribution in [0.4, 0.5) is 0 Å². The van der Waals surface area contributed by atoms with Gasteiger partial charge in [-0.1, -0.05) is 42.8 Å². The van der Waals surface area contributed by atoms with Crippen molar-refractivity contribution in [3.8, 4) is 0 Å². The van der Waals surface area contributed by atoms with Gasteiger partial charge < -0.3 is 10.6 Å². The van der Waals surface area contributed by atoms with Crippen molar-refractivity contribution >= 4 is 33.4 Å². The second-order valence-electron chi connectivity index (χ2n) is 8.01. The summed E-state index contributed by atoms with van der Waals surface area (Å²) in [6, 6.07) is 11.0. The minimum absolute atomic E-state index is 0.00772. The van der Waals surface area contributed by atoms with Crippen LogP contribution in [0.3, 0.4) is 0 Å². The zero-order chi connectivity index (χ0) is 23.5. The number of rotatable bonds is 7. The molecule has 2 atom stereocenters. The topological polar surface area (TPSA) is 95.6 Å². The van der Waals surface area contributed by atoms with Gasteiger partial charge in [-0.15, -0.1) is 0 Å². The molecule has 2 N–H and O–H groups in total. The van der Waals surface area contributed by atoms with E-state index in [9.17, 15) is 18.0 Å². The Bertz CT molecular complexity index is 1120. The van der Waals surface area contributed by atoms with E-state index in [2.05, 4.69) is 10.6 Å². The minimum atomic E-state index is -3.83. The standard InChI is InChI=1S/C23H28ClN3O4S/c1-4-15(2)25-22(28)16(3)26-23(29)20-13-19(9-10-21(20)24)32(30,31)27-12-11-17-7-5-6-8-18(17)14-27/h5-10,13,15-16H,4,11-12,14H2,1-3H3,(H,25,28)(H,26,29). The average molecular weight is 478 g/mol. The molecule has 172 valence electrons. The molecule has 0 bridgehead atoms. The van der Waals surface area contributed by atoms with Crippen molar-refractivity contribution in [2.75, 3.05) is 6.54 Å². The summed E-state index contributed by atoms with van der Waals surface area (Å²) in [6.07, 6.45) is 1.39. The summed E-state index contributed by atoms with van der Waals surface area (Å²) in [4.78, 5) is 25.0. The van der Waals surface area contributed by atoms with E-state index in [1.807, 2.05) is 38.1 Å². The fourth-order valence-corrected chi connectivity index (χ4v) is 5.12. The molecule has 0 fully saturated rings. The quantitative estimate of drug-likeness (QED) is 0.640. The molecule has 1 aliphatic heterocycles. The maximum Gasteiger partial charge on any atom is 0.253 e. The van der Waals surface area contributed by atoms with Crippen LogP contribution in [0.5, 0.6) is 0 Å². The average Bonchev–Trinajstić information content (AvgIpc) is 2.78. The molecule has 32 heavy (non-hydrogen) atoms. The van der Waals surface area contributed by atoms with Gasteiger partial charge in [0, 0.05) is 19.1 Å². The van der Waals surface area contributed by atoms with Crippen molar-refractivity contribution in [1.29, 1.82) is 0 Å². The van der Waals surface area contributed by atoms with Crippen LogP contribution in [-0.2, 0) is 27.8 Å². The summed E-state index contributed by atoms with van der Waals surface area (Å²) in [5.41, 5.74) is 2.11. The summed E-state index contributed by atoms with van der Waals surface area (Å²) in [5.74, 6) is -0.928. The van der Waals surface area contributed by atoms with Gasteiger partial charge in [0.2, 0.25) is 15.9 Å². The van der Waals surface area contributed by atoms with E-state index in [0.29, 0.717) is 13.0 Å². The third-order valence-electron chi connectivity index (χ3n) is 5.66. The fourth-order valence-electron chi connectivity index (χ4n) is 3.47. The number of hydrogen-bond donors (Lipinski definition) is 2.